The van der Waals surface area contributed by atoms with Crippen LogP contribution in [0.3, 0.4) is 0 Å². The van der Waals surface area contributed by atoms with Gasteiger partial charge in [0.05, 0.1) is 5.54 Å². The van der Waals surface area contributed by atoms with Crippen molar-refractivity contribution >= 4 is 22.6 Å². The molecule has 1 saturated carbocycles. The molecule has 46 heavy (non-hydrogen) atoms. The molecule has 0 unspecified atom stereocenters. The predicted molar refractivity (Wildman–Crippen MR) is 167 cm³/mol. The van der Waals surface area contributed by atoms with Crippen LogP contribution in [0.5, 0.6) is 6.01 Å². The molecule has 0 radical (unpaired) electrons. The SMILES string of the molecule is [C-]#[N+]C[C@H]1CN(c2nc(OC[C@@]34CCCN3C[C@H](F)C4)nc3c(F)c(-c4ccc(F)c5c4C[C@H]4C[C@@H]54)ccc23)CCN1C(=O)C=C. The number of fused-ring (bicyclic) bond motifs is 5. The number of benzene rings is 2. The zero-order valence-electron chi connectivity index (χ0n) is 25.5. The highest BCUT2D eigenvalue weighted by Crippen LogP contribution is 2.58. The maximum atomic E-state index is 16.8. The standard InChI is InChI=1S/C35H35F3N6O2/c1-3-29(45)44-12-11-42(18-22(44)16-39-2)33-25-6-5-24(23-7-8-28(37)30-26-13-20(26)14-27(23)30)31(38)32(25)40-34(41-33)46-19-35-9-4-10-43(35)17-21(36)15-35/h3,5-8,20-22,26H,1,4,9-19H2/t20-,21-,22+,26-,35+/m1/s1. The Morgan fingerprint density at radius 1 is 1.15 bits per heavy atom. The van der Waals surface area contributed by atoms with Gasteiger partial charge in [0.25, 0.3) is 0 Å². The molecule has 0 bridgehead atoms. The van der Waals surface area contributed by atoms with Gasteiger partial charge in [-0.25, -0.2) is 19.7 Å². The van der Waals surface area contributed by atoms with Crippen molar-refractivity contribution in [3.8, 4) is 17.1 Å². The lowest BCUT2D eigenvalue weighted by molar-refractivity contribution is -0.128. The van der Waals surface area contributed by atoms with Crippen molar-refractivity contribution in [1.29, 1.82) is 0 Å². The van der Waals surface area contributed by atoms with Crippen LogP contribution < -0.4 is 9.64 Å². The van der Waals surface area contributed by atoms with Gasteiger partial charge in [-0.05, 0) is 79.0 Å². The molecule has 2 aromatic carbocycles. The molecule has 4 fully saturated rings. The van der Waals surface area contributed by atoms with Crippen LogP contribution in [0.25, 0.3) is 26.9 Å². The van der Waals surface area contributed by atoms with Crippen molar-refractivity contribution in [1.82, 2.24) is 19.8 Å². The summed E-state index contributed by atoms with van der Waals surface area (Å²) in [5.74, 6) is 0.0870. The van der Waals surface area contributed by atoms with Crippen molar-refractivity contribution in [2.75, 3.05) is 50.8 Å². The van der Waals surface area contributed by atoms with Gasteiger partial charge in [-0.15, -0.1) is 0 Å². The highest BCUT2D eigenvalue weighted by molar-refractivity contribution is 5.94. The van der Waals surface area contributed by atoms with Crippen LogP contribution in [0, 0.1) is 24.1 Å². The number of ether oxygens (including phenoxy) is 1. The van der Waals surface area contributed by atoms with Gasteiger partial charge in [0, 0.05) is 43.5 Å². The van der Waals surface area contributed by atoms with Crippen LogP contribution in [0.4, 0.5) is 19.0 Å². The first-order valence-electron chi connectivity index (χ1n) is 16.1. The van der Waals surface area contributed by atoms with Crippen LogP contribution in [0.2, 0.25) is 0 Å². The first-order chi connectivity index (χ1) is 22.3. The molecule has 8 rings (SSSR count). The lowest BCUT2D eigenvalue weighted by atomic mass is 9.93. The lowest BCUT2D eigenvalue weighted by Crippen LogP contribution is -2.56. The number of nitrogens with zero attached hydrogens (tertiary/aromatic N) is 6. The van der Waals surface area contributed by atoms with E-state index in [1.807, 2.05) is 4.90 Å². The van der Waals surface area contributed by atoms with E-state index in [0.29, 0.717) is 60.8 Å². The molecule has 0 spiro atoms. The van der Waals surface area contributed by atoms with Gasteiger partial charge in [-0.1, -0.05) is 18.7 Å². The summed E-state index contributed by atoms with van der Waals surface area (Å²) >= 11 is 0. The molecule has 4 heterocycles. The van der Waals surface area contributed by atoms with Crippen molar-refractivity contribution < 1.29 is 22.7 Å². The topological polar surface area (TPSA) is 66.2 Å². The Morgan fingerprint density at radius 3 is 2.83 bits per heavy atom. The molecule has 3 aromatic rings. The van der Waals surface area contributed by atoms with Crippen molar-refractivity contribution in [3.05, 3.63) is 71.1 Å². The molecule has 3 aliphatic heterocycles. The molecule has 0 N–H and O–H groups in total. The van der Waals surface area contributed by atoms with Gasteiger partial charge >= 0.3 is 6.01 Å². The number of anilines is 1. The smallest absolute Gasteiger partial charge is 0.319 e. The van der Waals surface area contributed by atoms with E-state index >= 15 is 4.39 Å². The highest BCUT2D eigenvalue weighted by Gasteiger charge is 2.50. The first kappa shape index (κ1) is 29.2. The van der Waals surface area contributed by atoms with Gasteiger partial charge in [-0.3, -0.25) is 9.69 Å². The second-order valence-electron chi connectivity index (χ2n) is 13.5. The number of halogens is 3. The van der Waals surface area contributed by atoms with Crippen LogP contribution in [0.15, 0.2) is 36.9 Å². The number of hydrogen-bond donors (Lipinski definition) is 0. The minimum atomic E-state index is -0.922. The second kappa shape index (κ2) is 11.0. The number of aromatic nitrogens is 2. The number of hydrogen-bond acceptors (Lipinski definition) is 6. The number of carbonyl (C=O) groups excluding carboxylic acids is 1. The zero-order chi connectivity index (χ0) is 31.7. The van der Waals surface area contributed by atoms with E-state index in [1.54, 1.807) is 23.1 Å². The fourth-order valence-corrected chi connectivity index (χ4v) is 8.60. The zero-order valence-corrected chi connectivity index (χ0v) is 25.5. The van der Waals surface area contributed by atoms with Gasteiger partial charge in [0.2, 0.25) is 12.5 Å². The Kier molecular flexibility index (Phi) is 6.98. The monoisotopic (exact) mass is 628 g/mol. The van der Waals surface area contributed by atoms with Gasteiger partial charge in [-0.2, -0.15) is 9.97 Å². The molecule has 238 valence electrons. The summed E-state index contributed by atoms with van der Waals surface area (Å²) in [6, 6.07) is 6.20. The predicted octanol–water partition coefficient (Wildman–Crippen LogP) is 5.31. The fourth-order valence-electron chi connectivity index (χ4n) is 8.60. The van der Waals surface area contributed by atoms with E-state index in [4.69, 9.17) is 16.3 Å². The summed E-state index contributed by atoms with van der Waals surface area (Å²) in [5.41, 5.74) is 2.27. The molecular formula is C35H35F3N6O2. The highest BCUT2D eigenvalue weighted by atomic mass is 19.1. The number of piperazine rings is 1. The van der Waals surface area contributed by atoms with Crippen molar-refractivity contribution in [2.45, 2.75) is 55.8 Å². The summed E-state index contributed by atoms with van der Waals surface area (Å²) in [5, 5.41) is 0.477. The third-order valence-corrected chi connectivity index (χ3v) is 10.9. The Hall–Kier alpha value is -4.17. The third-order valence-electron chi connectivity index (χ3n) is 10.9. The van der Waals surface area contributed by atoms with E-state index in [2.05, 4.69) is 21.3 Å². The average molecular weight is 629 g/mol. The average Bonchev–Trinajstić information content (AvgIpc) is 3.36. The van der Waals surface area contributed by atoms with E-state index in [0.717, 1.165) is 43.4 Å². The number of amides is 1. The molecule has 1 amide bonds. The van der Waals surface area contributed by atoms with Crippen LogP contribution >= 0.6 is 0 Å². The summed E-state index contributed by atoms with van der Waals surface area (Å²) < 4.78 is 52.3. The fraction of sp³-hybridized carbons (Fsp3) is 0.486. The molecule has 5 atom stereocenters. The van der Waals surface area contributed by atoms with Crippen LogP contribution in [-0.4, -0.2) is 89.3 Å². The lowest BCUT2D eigenvalue weighted by Gasteiger charge is -2.39. The molecular weight excluding hydrogens is 593 g/mol. The first-order valence-corrected chi connectivity index (χ1v) is 16.1. The Bertz CT molecular complexity index is 1810. The van der Waals surface area contributed by atoms with Crippen molar-refractivity contribution in [2.24, 2.45) is 5.92 Å². The summed E-state index contributed by atoms with van der Waals surface area (Å²) in [4.78, 5) is 31.3. The summed E-state index contributed by atoms with van der Waals surface area (Å²) in [6.07, 6.45) is 4.18. The molecule has 2 aliphatic carbocycles. The molecule has 3 saturated heterocycles. The maximum absolute atomic E-state index is 16.8. The largest absolute Gasteiger partial charge is 0.461 e. The molecule has 1 aromatic heterocycles. The Labute approximate surface area is 265 Å². The van der Waals surface area contributed by atoms with E-state index < -0.39 is 23.6 Å². The minimum Gasteiger partial charge on any atom is -0.461 e. The van der Waals surface area contributed by atoms with Gasteiger partial charge in [0.15, 0.2) is 5.82 Å². The van der Waals surface area contributed by atoms with Crippen LogP contribution in [0.1, 0.15) is 42.7 Å². The van der Waals surface area contributed by atoms with Gasteiger partial charge in [0.1, 0.15) is 36.0 Å². The number of alkyl halides is 1. The summed E-state index contributed by atoms with van der Waals surface area (Å²) in [6.45, 7) is 13.6. The maximum Gasteiger partial charge on any atom is 0.319 e. The minimum absolute atomic E-state index is 0.000936. The summed E-state index contributed by atoms with van der Waals surface area (Å²) in [7, 11) is 0. The van der Waals surface area contributed by atoms with Crippen LogP contribution in [-0.2, 0) is 11.2 Å². The third kappa shape index (κ3) is 4.63. The normalized spacial score (nSPS) is 28.1. The molecule has 5 aliphatic rings. The van der Waals surface area contributed by atoms with E-state index in [-0.39, 0.29) is 42.3 Å². The second-order valence-corrected chi connectivity index (χ2v) is 13.5. The van der Waals surface area contributed by atoms with E-state index in [1.165, 1.54) is 12.1 Å². The van der Waals surface area contributed by atoms with Gasteiger partial charge < -0.3 is 19.4 Å². The van der Waals surface area contributed by atoms with E-state index in [9.17, 15) is 13.6 Å². The molecule has 8 nitrogen and oxygen atoms in total. The quantitative estimate of drug-likeness (QED) is 0.261. The number of carbonyl (C=O) groups is 1. The molecule has 11 heteroatoms. The van der Waals surface area contributed by atoms with Crippen molar-refractivity contribution in [3.63, 3.8) is 0 Å². The Morgan fingerprint density at radius 2 is 2.00 bits per heavy atom. The number of rotatable bonds is 7. The Balaban J connectivity index is 1.21.